The van der Waals surface area contributed by atoms with Crippen LogP contribution >= 0.6 is 0 Å². The molecule has 2 heterocycles. The van der Waals surface area contributed by atoms with Crippen molar-refractivity contribution in [3.63, 3.8) is 0 Å². The molecule has 0 amide bonds. The molecule has 6 nitrogen and oxygen atoms in total. The van der Waals surface area contributed by atoms with Crippen LogP contribution in [0.2, 0.25) is 0 Å². The van der Waals surface area contributed by atoms with Gasteiger partial charge in [-0.2, -0.15) is 5.10 Å². The summed E-state index contributed by atoms with van der Waals surface area (Å²) in [4.78, 5) is 12.6. The van der Waals surface area contributed by atoms with Gasteiger partial charge in [0, 0.05) is 26.1 Å². The van der Waals surface area contributed by atoms with Crippen LogP contribution in [0.25, 0.3) is 0 Å². The second kappa shape index (κ2) is 5.39. The van der Waals surface area contributed by atoms with Crippen molar-refractivity contribution in [2.75, 3.05) is 6.61 Å². The van der Waals surface area contributed by atoms with Crippen molar-refractivity contribution < 1.29 is 27.1 Å². The van der Waals surface area contributed by atoms with Gasteiger partial charge < -0.3 is 14.0 Å². The maximum atomic E-state index is 12.6. The lowest BCUT2D eigenvalue weighted by atomic mass is 9.82. The number of hydrogen-bond acceptors (Lipinski definition) is 5. The molecule has 1 saturated heterocycles. The zero-order chi connectivity index (χ0) is 21.8. The molecule has 0 unspecified atom stereocenters. The molecule has 0 saturated carbocycles. The minimum atomic E-state index is -3.26. The van der Waals surface area contributed by atoms with E-state index in [2.05, 4.69) is 5.10 Å². The first-order chi connectivity index (χ1) is 12.5. The lowest BCUT2D eigenvalue weighted by molar-refractivity contribution is -0.152. The molecule has 2 rings (SSSR count). The van der Waals surface area contributed by atoms with E-state index in [-0.39, 0.29) is 6.61 Å². The molecule has 1 aliphatic rings. The van der Waals surface area contributed by atoms with Gasteiger partial charge in [0.2, 0.25) is 0 Å². The number of ether oxygens (including phenoxy) is 1. The summed E-state index contributed by atoms with van der Waals surface area (Å²) in [6.07, 6.45) is 2.38. The molecule has 0 atom stereocenters. The van der Waals surface area contributed by atoms with Crippen molar-refractivity contribution >= 4 is 18.6 Å². The summed E-state index contributed by atoms with van der Waals surface area (Å²) in [6.45, 7) is 2.11. The molecule has 0 bridgehead atoms. The fourth-order valence-electron chi connectivity index (χ4n) is 1.95. The van der Waals surface area contributed by atoms with Crippen LogP contribution in [0, 0.1) is 0 Å². The number of hydrogen-bond donors (Lipinski definition) is 0. The van der Waals surface area contributed by atoms with E-state index < -0.39 is 43.5 Å². The van der Waals surface area contributed by atoms with E-state index in [0.717, 1.165) is 6.20 Å². The topological polar surface area (TPSA) is 62.6 Å². The summed E-state index contributed by atoms with van der Waals surface area (Å²) in [7, 11) is -0.896. The Morgan fingerprint density at radius 1 is 1.41 bits per heavy atom. The smallest absolute Gasteiger partial charge is 0.464 e. The SMILES string of the molecule is [2H]C([2H])([2H])C(C(=O)OCC)(n1cc(B2OC(C)(C)C(C)(C)O2)cn1)C([2H])([2H])[2H]. The highest BCUT2D eigenvalue weighted by Crippen LogP contribution is 2.36. The van der Waals surface area contributed by atoms with Gasteiger partial charge in [0.25, 0.3) is 0 Å². The Bertz CT molecular complexity index is 714. The Kier molecular flexibility index (Phi) is 2.56. The summed E-state index contributed by atoms with van der Waals surface area (Å²) >= 11 is 0. The monoisotopic (exact) mass is 314 g/mol. The molecule has 0 radical (unpaired) electrons. The van der Waals surface area contributed by atoms with Crippen molar-refractivity contribution in [1.82, 2.24) is 9.78 Å². The quantitative estimate of drug-likeness (QED) is 0.622. The van der Waals surface area contributed by atoms with E-state index in [1.165, 1.54) is 13.1 Å². The lowest BCUT2D eigenvalue weighted by Gasteiger charge is -2.32. The number of carbonyl (C=O) groups excluding carboxylic acids is 1. The van der Waals surface area contributed by atoms with E-state index in [4.69, 9.17) is 22.3 Å². The Morgan fingerprint density at radius 3 is 2.50 bits per heavy atom. The van der Waals surface area contributed by atoms with E-state index in [9.17, 15) is 4.79 Å². The third-order valence-corrected chi connectivity index (χ3v) is 4.04. The fraction of sp³-hybridized carbons (Fsp3) is 0.733. The Balaban J connectivity index is 2.58. The summed E-state index contributed by atoms with van der Waals surface area (Å²) in [5.74, 6) is -1.40. The summed E-state index contributed by atoms with van der Waals surface area (Å²) in [5.41, 5.74) is -4.03. The molecule has 7 heteroatoms. The summed E-state index contributed by atoms with van der Waals surface area (Å²) in [5, 5.41) is 3.90. The van der Waals surface area contributed by atoms with Gasteiger partial charge in [-0.1, -0.05) is 0 Å². The minimum absolute atomic E-state index is 0.182. The second-order valence-electron chi connectivity index (χ2n) is 6.24. The number of aromatic nitrogens is 2. The van der Waals surface area contributed by atoms with Gasteiger partial charge in [0.15, 0.2) is 5.54 Å². The lowest BCUT2D eigenvalue weighted by Crippen LogP contribution is -2.41. The van der Waals surface area contributed by atoms with Crippen LogP contribution < -0.4 is 5.46 Å². The van der Waals surface area contributed by atoms with Gasteiger partial charge in [0.05, 0.1) is 17.8 Å². The van der Waals surface area contributed by atoms with Crippen LogP contribution in [0.3, 0.4) is 0 Å². The third-order valence-electron chi connectivity index (χ3n) is 4.04. The van der Waals surface area contributed by atoms with Crippen LogP contribution in [0.1, 0.15) is 56.5 Å². The average Bonchev–Trinajstić information content (AvgIpc) is 3.00. The van der Waals surface area contributed by atoms with E-state index in [1.807, 2.05) is 27.7 Å². The zero-order valence-electron chi connectivity index (χ0n) is 19.5. The highest BCUT2D eigenvalue weighted by atomic mass is 16.7. The Morgan fingerprint density at radius 2 is 2.00 bits per heavy atom. The number of esters is 1. The van der Waals surface area contributed by atoms with E-state index in [1.54, 1.807) is 0 Å². The molecule has 1 aromatic heterocycles. The highest BCUT2D eigenvalue weighted by molar-refractivity contribution is 6.62. The van der Waals surface area contributed by atoms with Crippen molar-refractivity contribution in [2.24, 2.45) is 0 Å². The number of carbonyl (C=O) groups is 1. The van der Waals surface area contributed by atoms with E-state index in [0.29, 0.717) is 10.1 Å². The van der Waals surface area contributed by atoms with Gasteiger partial charge in [-0.25, -0.2) is 4.79 Å². The third kappa shape index (κ3) is 2.79. The first-order valence-electron chi connectivity index (χ1n) is 10.1. The van der Waals surface area contributed by atoms with Crippen molar-refractivity contribution in [3.05, 3.63) is 12.4 Å². The van der Waals surface area contributed by atoms with Gasteiger partial charge in [-0.05, 0) is 48.3 Å². The Labute approximate surface area is 140 Å². The Hall–Kier alpha value is -1.34. The van der Waals surface area contributed by atoms with Gasteiger partial charge in [0.1, 0.15) is 0 Å². The predicted octanol–water partition coefficient (Wildman–Crippen LogP) is 1.48. The molecule has 0 N–H and O–H groups in total. The predicted molar refractivity (Wildman–Crippen MR) is 83.9 cm³/mol. The maximum absolute atomic E-state index is 12.6. The van der Waals surface area contributed by atoms with Crippen molar-refractivity contribution in [3.8, 4) is 0 Å². The normalized spacial score (nSPS) is 25.4. The molecule has 1 fully saturated rings. The number of nitrogens with zero attached hydrogens (tertiary/aromatic N) is 2. The molecule has 122 valence electrons. The average molecular weight is 314 g/mol. The molecule has 22 heavy (non-hydrogen) atoms. The van der Waals surface area contributed by atoms with Crippen LogP contribution in [0.4, 0.5) is 0 Å². The standard InChI is InChI=1S/C15H25BN2O4/c1-8-20-12(19)13(2,3)18-10-11(9-17-18)16-21-14(4,5)15(6,7)22-16/h9-10H,8H2,1-7H3/i2D3,3D3. The molecule has 1 aliphatic heterocycles. The molecule has 0 aromatic carbocycles. The van der Waals surface area contributed by atoms with Gasteiger partial charge in [-0.15, -0.1) is 0 Å². The van der Waals surface area contributed by atoms with Crippen LogP contribution in [-0.4, -0.2) is 40.7 Å². The summed E-state index contributed by atoms with van der Waals surface area (Å²) < 4.78 is 64.2. The molecule has 1 aromatic rings. The largest absolute Gasteiger partial charge is 0.498 e. The first-order valence-corrected chi connectivity index (χ1v) is 7.09. The van der Waals surface area contributed by atoms with Crippen LogP contribution in [0.5, 0.6) is 0 Å². The van der Waals surface area contributed by atoms with Crippen molar-refractivity contribution in [2.45, 2.75) is 65.1 Å². The first kappa shape index (κ1) is 10.4. The van der Waals surface area contributed by atoms with Crippen LogP contribution in [-0.2, 0) is 24.4 Å². The molecular formula is C15H25BN2O4. The zero-order valence-corrected chi connectivity index (χ0v) is 13.5. The summed E-state index contributed by atoms with van der Waals surface area (Å²) in [6, 6.07) is 0. The fourth-order valence-corrected chi connectivity index (χ4v) is 1.95. The second-order valence-corrected chi connectivity index (χ2v) is 6.24. The molecule has 0 aliphatic carbocycles. The molecular weight excluding hydrogens is 283 g/mol. The van der Waals surface area contributed by atoms with Crippen LogP contribution in [0.15, 0.2) is 12.4 Å². The van der Waals surface area contributed by atoms with Crippen molar-refractivity contribution in [1.29, 1.82) is 0 Å². The molecule has 0 spiro atoms. The highest BCUT2D eigenvalue weighted by Gasteiger charge is 2.52. The number of rotatable bonds is 4. The maximum Gasteiger partial charge on any atom is 0.498 e. The van der Waals surface area contributed by atoms with Gasteiger partial charge in [-0.3, -0.25) is 4.68 Å². The minimum Gasteiger partial charge on any atom is -0.464 e. The van der Waals surface area contributed by atoms with Gasteiger partial charge >= 0.3 is 13.1 Å². The van der Waals surface area contributed by atoms with E-state index >= 15 is 0 Å².